The molecule has 0 spiro atoms. The number of carbonyl (C=O) groups excluding carboxylic acids is 2. The van der Waals surface area contributed by atoms with Crippen LogP contribution in [0, 0.1) is 13.8 Å². The molecule has 3 amide bonds. The van der Waals surface area contributed by atoms with Crippen molar-refractivity contribution in [2.45, 2.75) is 39.3 Å². The third-order valence-electron chi connectivity index (χ3n) is 4.79. The maximum absolute atomic E-state index is 12.9. The van der Waals surface area contributed by atoms with E-state index in [2.05, 4.69) is 5.32 Å². The minimum Gasteiger partial charge on any atom is -0.464 e. The molecule has 1 aliphatic rings. The zero-order chi connectivity index (χ0) is 19.6. The Balaban J connectivity index is 1.65. The van der Waals surface area contributed by atoms with E-state index in [9.17, 15) is 9.59 Å². The van der Waals surface area contributed by atoms with Gasteiger partial charge in [-0.05, 0) is 44.4 Å². The number of hydrogen-bond acceptors (Lipinski definition) is 3. The fourth-order valence-corrected chi connectivity index (χ4v) is 3.53. The van der Waals surface area contributed by atoms with Crippen molar-refractivity contribution < 1.29 is 14.0 Å². The highest BCUT2D eigenvalue weighted by molar-refractivity contribution is 6.30. The number of aryl methyl sites for hydroxylation is 2. The van der Waals surface area contributed by atoms with Crippen LogP contribution in [0.5, 0.6) is 0 Å². The molecular formula is C20H24ClN3O3. The highest BCUT2D eigenvalue weighted by Crippen LogP contribution is 2.24. The van der Waals surface area contributed by atoms with Crippen LogP contribution in [0.4, 0.5) is 10.5 Å². The van der Waals surface area contributed by atoms with Gasteiger partial charge in [0.05, 0.1) is 5.69 Å². The van der Waals surface area contributed by atoms with Crippen LogP contribution in [-0.2, 0) is 11.3 Å². The number of halogens is 1. The molecule has 0 aliphatic carbocycles. The Labute approximate surface area is 164 Å². The minimum atomic E-state index is -0.449. The normalized spacial score (nSPS) is 16.4. The highest BCUT2D eigenvalue weighted by atomic mass is 35.5. The first-order valence-electron chi connectivity index (χ1n) is 8.99. The van der Waals surface area contributed by atoms with Crippen LogP contribution in [0.25, 0.3) is 0 Å². The first-order chi connectivity index (χ1) is 12.8. The topological polar surface area (TPSA) is 65.8 Å². The molecular weight excluding hydrogens is 366 g/mol. The fraction of sp³-hybridized carbons (Fsp3) is 0.400. The molecule has 1 atom stereocenters. The van der Waals surface area contributed by atoms with Crippen molar-refractivity contribution in [2.75, 3.05) is 18.9 Å². The van der Waals surface area contributed by atoms with E-state index in [4.69, 9.17) is 16.0 Å². The lowest BCUT2D eigenvalue weighted by atomic mass is 10.1. The van der Waals surface area contributed by atoms with Gasteiger partial charge in [0, 0.05) is 31.2 Å². The standard InChI is InChI=1S/C20H24ClN3O3/c1-13-11-17(14(2)27-13)22-20(26)24-10-4-5-18(24)19(25)23(3)12-15-6-8-16(21)9-7-15/h6-9,11,18H,4-5,10,12H2,1-3H3,(H,22,26). The number of nitrogens with one attached hydrogen (secondary N) is 1. The van der Waals surface area contributed by atoms with E-state index in [1.165, 1.54) is 0 Å². The van der Waals surface area contributed by atoms with Crippen molar-refractivity contribution in [3.63, 3.8) is 0 Å². The number of nitrogens with zero attached hydrogens (tertiary/aromatic N) is 2. The summed E-state index contributed by atoms with van der Waals surface area (Å²) in [6.07, 6.45) is 1.47. The van der Waals surface area contributed by atoms with Crippen molar-refractivity contribution >= 4 is 29.2 Å². The van der Waals surface area contributed by atoms with E-state index < -0.39 is 6.04 Å². The van der Waals surface area contributed by atoms with Crippen LogP contribution in [0.15, 0.2) is 34.7 Å². The van der Waals surface area contributed by atoms with Gasteiger partial charge in [-0.1, -0.05) is 23.7 Å². The molecule has 2 heterocycles. The molecule has 0 saturated carbocycles. The Morgan fingerprint density at radius 2 is 2.00 bits per heavy atom. The molecule has 144 valence electrons. The number of hydrogen-bond donors (Lipinski definition) is 1. The average Bonchev–Trinajstić information content (AvgIpc) is 3.23. The molecule has 1 N–H and O–H groups in total. The third kappa shape index (κ3) is 4.45. The SMILES string of the molecule is Cc1cc(NC(=O)N2CCCC2C(=O)N(C)Cc2ccc(Cl)cc2)c(C)o1. The number of benzene rings is 1. The minimum absolute atomic E-state index is 0.0577. The number of furan rings is 1. The van der Waals surface area contributed by atoms with Gasteiger partial charge >= 0.3 is 6.03 Å². The van der Waals surface area contributed by atoms with Gasteiger partial charge in [-0.15, -0.1) is 0 Å². The van der Waals surface area contributed by atoms with Crippen LogP contribution in [0.1, 0.15) is 29.9 Å². The van der Waals surface area contributed by atoms with Gasteiger partial charge in [-0.3, -0.25) is 4.79 Å². The van der Waals surface area contributed by atoms with Crippen molar-refractivity contribution in [2.24, 2.45) is 0 Å². The number of likely N-dealkylation sites (N-methyl/N-ethyl adjacent to an activating group) is 1. The first kappa shape index (κ1) is 19.3. The van der Waals surface area contributed by atoms with Gasteiger partial charge in [0.2, 0.25) is 5.91 Å². The Hall–Kier alpha value is -2.47. The van der Waals surface area contributed by atoms with Gasteiger partial charge in [-0.25, -0.2) is 4.79 Å². The maximum atomic E-state index is 12.9. The molecule has 1 fully saturated rings. The molecule has 3 rings (SSSR count). The lowest BCUT2D eigenvalue weighted by molar-refractivity contribution is -0.134. The van der Waals surface area contributed by atoms with Crippen LogP contribution < -0.4 is 5.32 Å². The molecule has 0 radical (unpaired) electrons. The predicted octanol–water partition coefficient (Wildman–Crippen LogP) is 4.20. The first-order valence-corrected chi connectivity index (χ1v) is 9.37. The summed E-state index contributed by atoms with van der Waals surface area (Å²) in [5.41, 5.74) is 1.64. The average molecular weight is 390 g/mol. The molecule has 27 heavy (non-hydrogen) atoms. The lowest BCUT2D eigenvalue weighted by Gasteiger charge is -2.28. The summed E-state index contributed by atoms with van der Waals surface area (Å²) in [6.45, 7) is 4.67. The van der Waals surface area contributed by atoms with Crippen LogP contribution in [0.2, 0.25) is 5.02 Å². The van der Waals surface area contributed by atoms with E-state index in [1.807, 2.05) is 19.1 Å². The molecule has 1 aliphatic heterocycles. The van der Waals surface area contributed by atoms with Crippen LogP contribution >= 0.6 is 11.6 Å². The number of amides is 3. The Morgan fingerprint density at radius 1 is 1.30 bits per heavy atom. The quantitative estimate of drug-likeness (QED) is 0.851. The number of anilines is 1. The van der Waals surface area contributed by atoms with E-state index in [0.717, 1.165) is 17.7 Å². The number of likely N-dealkylation sites (tertiary alicyclic amines) is 1. The molecule has 0 bridgehead atoms. The van der Waals surface area contributed by atoms with Gasteiger partial charge < -0.3 is 19.5 Å². The zero-order valence-electron chi connectivity index (χ0n) is 15.8. The van der Waals surface area contributed by atoms with Crippen molar-refractivity contribution in [1.82, 2.24) is 9.80 Å². The van der Waals surface area contributed by atoms with E-state index in [0.29, 0.717) is 36.0 Å². The predicted molar refractivity (Wildman–Crippen MR) is 105 cm³/mol. The monoisotopic (exact) mass is 389 g/mol. The Kier molecular flexibility index (Phi) is 5.75. The highest BCUT2D eigenvalue weighted by Gasteiger charge is 2.36. The van der Waals surface area contributed by atoms with E-state index in [1.54, 1.807) is 42.0 Å². The van der Waals surface area contributed by atoms with Gasteiger partial charge in [0.25, 0.3) is 0 Å². The maximum Gasteiger partial charge on any atom is 0.322 e. The summed E-state index contributed by atoms with van der Waals surface area (Å²) >= 11 is 5.91. The van der Waals surface area contributed by atoms with Crippen LogP contribution in [0.3, 0.4) is 0 Å². The molecule has 1 unspecified atom stereocenters. The second-order valence-electron chi connectivity index (χ2n) is 6.93. The molecule has 1 aromatic heterocycles. The summed E-state index contributed by atoms with van der Waals surface area (Å²) < 4.78 is 5.45. The lowest BCUT2D eigenvalue weighted by Crippen LogP contribution is -2.47. The van der Waals surface area contributed by atoms with Gasteiger partial charge in [-0.2, -0.15) is 0 Å². The summed E-state index contributed by atoms with van der Waals surface area (Å²) in [7, 11) is 1.76. The largest absolute Gasteiger partial charge is 0.464 e. The number of carbonyl (C=O) groups is 2. The fourth-order valence-electron chi connectivity index (χ4n) is 3.40. The summed E-state index contributed by atoms with van der Waals surface area (Å²) in [5.74, 6) is 1.33. The molecule has 6 nitrogen and oxygen atoms in total. The van der Waals surface area contributed by atoms with Gasteiger partial charge in [0.15, 0.2) is 0 Å². The Morgan fingerprint density at radius 3 is 2.63 bits per heavy atom. The molecule has 1 saturated heterocycles. The smallest absolute Gasteiger partial charge is 0.322 e. The van der Waals surface area contributed by atoms with Crippen molar-refractivity contribution in [1.29, 1.82) is 0 Å². The number of rotatable bonds is 4. The zero-order valence-corrected chi connectivity index (χ0v) is 16.5. The van der Waals surface area contributed by atoms with E-state index >= 15 is 0 Å². The third-order valence-corrected chi connectivity index (χ3v) is 5.04. The number of urea groups is 1. The van der Waals surface area contributed by atoms with Crippen molar-refractivity contribution in [3.8, 4) is 0 Å². The second kappa shape index (κ2) is 8.05. The van der Waals surface area contributed by atoms with Crippen LogP contribution in [-0.4, -0.2) is 41.4 Å². The molecule has 7 heteroatoms. The summed E-state index contributed by atoms with van der Waals surface area (Å²) in [6, 6.07) is 8.47. The van der Waals surface area contributed by atoms with E-state index in [-0.39, 0.29) is 11.9 Å². The second-order valence-corrected chi connectivity index (χ2v) is 7.37. The van der Waals surface area contributed by atoms with Gasteiger partial charge in [0.1, 0.15) is 17.6 Å². The summed E-state index contributed by atoms with van der Waals surface area (Å²) in [4.78, 5) is 28.9. The summed E-state index contributed by atoms with van der Waals surface area (Å²) in [5, 5.41) is 3.52. The molecule has 1 aromatic carbocycles. The van der Waals surface area contributed by atoms with Crippen molar-refractivity contribution in [3.05, 3.63) is 52.4 Å². The Bertz CT molecular complexity index is 831. The molecule has 2 aromatic rings.